The van der Waals surface area contributed by atoms with Crippen LogP contribution in [0, 0.1) is 0 Å². The van der Waals surface area contributed by atoms with Gasteiger partial charge in [-0.05, 0) is 74.6 Å². The number of azo groups is 1. The third-order valence-electron chi connectivity index (χ3n) is 5.91. The van der Waals surface area contributed by atoms with Gasteiger partial charge < -0.3 is 42.8 Å². The number of phenolic OH excluding ortho intramolecular Hbond substituents is 1. The third-order valence-corrected chi connectivity index (χ3v) is 8.05. The molecule has 0 fully saturated rings. The number of hydrogen-bond acceptors (Lipinski definition) is 15. The molecule has 0 heterocycles. The Morgan fingerprint density at radius 1 is 0.711 bits per heavy atom. The van der Waals surface area contributed by atoms with Gasteiger partial charge in [-0.25, -0.2) is 8.42 Å². The molecule has 0 aromatic heterocycles. The van der Waals surface area contributed by atoms with Crippen LogP contribution in [0.25, 0.3) is 21.5 Å². The van der Waals surface area contributed by atoms with E-state index in [0.29, 0.717) is 22.1 Å². The summed E-state index contributed by atoms with van der Waals surface area (Å²) in [5.41, 5.74) is 1.29. The summed E-state index contributed by atoms with van der Waals surface area (Å²) in [6.45, 7) is 0. The fraction of sp³-hybridized carbons (Fsp3) is 0. The molecule has 5 aromatic rings. The Morgan fingerprint density at radius 3 is 1.96 bits per heavy atom. The van der Waals surface area contributed by atoms with Crippen molar-refractivity contribution >= 4 is 75.8 Å². The van der Waals surface area contributed by atoms with Gasteiger partial charge in [0.2, 0.25) is 0 Å². The van der Waals surface area contributed by atoms with Gasteiger partial charge >= 0.3 is 88.7 Å². The fourth-order valence-electron chi connectivity index (χ4n) is 4.21. The van der Waals surface area contributed by atoms with Crippen molar-refractivity contribution in [2.24, 2.45) is 10.2 Å². The van der Waals surface area contributed by atoms with Gasteiger partial charge in [-0.3, -0.25) is 0 Å². The second-order valence-electron chi connectivity index (χ2n) is 8.41. The Hall–Kier alpha value is -1.45. The largest absolute Gasteiger partial charge is 1.00 e. The molecule has 19 heteroatoms. The molecule has 13 nitrogen and oxygen atoms in total. The van der Waals surface area contributed by atoms with E-state index in [2.05, 4.69) is 15.5 Å². The van der Waals surface area contributed by atoms with E-state index in [1.165, 1.54) is 12.1 Å². The Balaban J connectivity index is 0.00000387. The van der Waals surface area contributed by atoms with E-state index in [1.54, 1.807) is 18.2 Å². The predicted molar refractivity (Wildman–Crippen MR) is 149 cm³/mol. The van der Waals surface area contributed by atoms with Crippen LogP contribution in [0.5, 0.6) is 5.75 Å². The molecule has 0 aliphatic carbocycles. The number of rotatable bonds is 7. The van der Waals surface area contributed by atoms with Crippen molar-refractivity contribution in [3.05, 3.63) is 84.9 Å². The van der Waals surface area contributed by atoms with Crippen molar-refractivity contribution in [1.82, 2.24) is 0 Å². The van der Waals surface area contributed by atoms with Crippen molar-refractivity contribution in [2.75, 3.05) is 5.32 Å². The number of aromatic hydroxyl groups is 1. The molecule has 4 N–H and O–H groups in total. The molecule has 0 spiro atoms. The summed E-state index contributed by atoms with van der Waals surface area (Å²) < 4.78 is 82.1. The Bertz CT molecular complexity index is 2110. The topological polar surface area (TPSA) is 242 Å². The monoisotopic (exact) mass is 697 g/mol. The molecule has 0 aliphatic rings. The van der Waals surface area contributed by atoms with Crippen LogP contribution in [0.15, 0.2) is 110 Å². The van der Waals surface area contributed by atoms with E-state index in [0.717, 1.165) is 24.3 Å². The Morgan fingerprint density at radius 2 is 1.36 bits per heavy atom. The Kier molecular flexibility index (Phi) is 17.6. The van der Waals surface area contributed by atoms with E-state index in [4.69, 9.17) is 0 Å². The fourth-order valence-corrected chi connectivity index (χ4v) is 5.74. The van der Waals surface area contributed by atoms with Gasteiger partial charge in [0, 0.05) is 16.8 Å². The maximum atomic E-state index is 12.1. The molecule has 0 saturated carbocycles. The quantitative estimate of drug-likeness (QED) is 0.0741. The van der Waals surface area contributed by atoms with Crippen molar-refractivity contribution in [1.29, 1.82) is 0 Å². The summed E-state index contributed by atoms with van der Waals surface area (Å²) in [4.78, 5) is -1.04. The number of benzene rings is 5. The second kappa shape index (κ2) is 18.2. The normalized spacial score (nSPS) is 10.8. The SMILES string of the molecule is O=[S-](=O)c1cc(N=Nc2ccc(Nc3ccccc3)c3c([S-](=O)=O)cccc23)c2c(O)cc(S(=O)(=O)[O-])cc2c1.[Na+].[Na+].[Na+].[OH-].[OH-]. The zero-order valence-electron chi connectivity index (χ0n) is 23.9. The smallest absolute Gasteiger partial charge is 0.870 e. The molecular weight excluding hydrogens is 679 g/mol. The minimum atomic E-state index is -4.95. The van der Waals surface area contributed by atoms with E-state index < -0.39 is 42.2 Å². The van der Waals surface area contributed by atoms with E-state index in [1.807, 2.05) is 30.3 Å². The van der Waals surface area contributed by atoms with Crippen LogP contribution in [0.2, 0.25) is 0 Å². The average Bonchev–Trinajstić information content (AvgIpc) is 2.91. The van der Waals surface area contributed by atoms with Gasteiger partial charge in [0.05, 0.1) is 21.7 Å². The number of hydrogen-bond donors (Lipinski definition) is 2. The predicted octanol–water partition coefficient (Wildman–Crippen LogP) is -3.24. The van der Waals surface area contributed by atoms with Crippen LogP contribution in [-0.2, 0) is 48.4 Å². The van der Waals surface area contributed by atoms with Crippen molar-refractivity contribution in [2.45, 2.75) is 14.7 Å². The summed E-state index contributed by atoms with van der Waals surface area (Å²) in [7, 11) is -10.3. The molecule has 0 saturated heterocycles. The van der Waals surface area contributed by atoms with Gasteiger partial charge in [-0.1, -0.05) is 52.3 Å². The summed E-state index contributed by atoms with van der Waals surface area (Å²) in [5.74, 6) is -0.625. The molecule has 0 atom stereocenters. The standard InChI is InChI=1S/C26H17N3O8S3.3Na.2H2O/c30-23-14-18(40(35,36)37)12-15-11-17(38(31)32)13-22(25(15)23)29-28-20-9-10-21(27-16-5-2-1-3-6-16)26-19(20)7-4-8-24(26)39(33)34;;;;;/h1-14,27,30H,(H,35,36,37);;;;2*1H2/q-2;3*+1;;/p-3. The van der Waals surface area contributed by atoms with Crippen molar-refractivity contribution < 1.29 is 135 Å². The molecule has 0 aliphatic heterocycles. The first-order chi connectivity index (χ1) is 19.0. The maximum absolute atomic E-state index is 12.1. The summed E-state index contributed by atoms with van der Waals surface area (Å²) in [6, 6.07) is 20.8. The average molecular weight is 698 g/mol. The number of fused-ring (bicyclic) bond motifs is 2. The van der Waals surface area contributed by atoms with Crippen LogP contribution in [0.3, 0.4) is 0 Å². The van der Waals surface area contributed by atoms with Crippen molar-refractivity contribution in [3.8, 4) is 5.75 Å². The van der Waals surface area contributed by atoms with Crippen molar-refractivity contribution in [3.63, 3.8) is 0 Å². The first kappa shape index (κ1) is 43.5. The number of phenols is 1. The van der Waals surface area contributed by atoms with Gasteiger partial charge in [0.25, 0.3) is 0 Å². The molecule has 220 valence electrons. The Labute approximate surface area is 327 Å². The van der Waals surface area contributed by atoms with Gasteiger partial charge in [-0.15, -0.1) is 10.2 Å². The van der Waals surface area contributed by atoms with Crippen LogP contribution < -0.4 is 94.0 Å². The van der Waals surface area contributed by atoms with Crippen LogP contribution in [0.4, 0.5) is 22.7 Å². The molecule has 0 bridgehead atoms. The molecule has 0 radical (unpaired) electrons. The molecule has 0 amide bonds. The maximum Gasteiger partial charge on any atom is 1.00 e. The summed E-state index contributed by atoms with van der Waals surface area (Å²) in [6.07, 6.45) is 0. The molecular formula is C26H18N3Na3O10S3-2. The first-order valence-corrected chi connectivity index (χ1v) is 14.8. The number of para-hydroxylation sites is 1. The van der Waals surface area contributed by atoms with Crippen LogP contribution in [0.1, 0.15) is 0 Å². The van der Waals surface area contributed by atoms with E-state index in [-0.39, 0.29) is 132 Å². The number of nitrogens with one attached hydrogen (secondary N) is 1. The number of nitrogens with zero attached hydrogens (tertiary/aromatic N) is 2. The van der Waals surface area contributed by atoms with E-state index >= 15 is 0 Å². The number of anilines is 2. The second-order valence-corrected chi connectivity index (χ2v) is 11.6. The third kappa shape index (κ3) is 9.79. The zero-order valence-corrected chi connectivity index (χ0v) is 32.4. The van der Waals surface area contributed by atoms with Crippen LogP contribution in [-0.4, -0.2) is 29.0 Å². The van der Waals surface area contributed by atoms with Crippen LogP contribution >= 0.6 is 0 Å². The molecule has 5 rings (SSSR count). The molecule has 45 heavy (non-hydrogen) atoms. The minimum Gasteiger partial charge on any atom is -0.870 e. The minimum absolute atomic E-state index is 0. The van der Waals surface area contributed by atoms with Gasteiger partial charge in [-0.2, -0.15) is 0 Å². The summed E-state index contributed by atoms with van der Waals surface area (Å²) >= 11 is 0. The van der Waals surface area contributed by atoms with Gasteiger partial charge in [0.1, 0.15) is 15.9 Å². The van der Waals surface area contributed by atoms with E-state index in [9.17, 15) is 34.9 Å². The van der Waals surface area contributed by atoms with Gasteiger partial charge in [0.15, 0.2) is 0 Å². The molecule has 0 unspecified atom stereocenters. The first-order valence-electron chi connectivity index (χ1n) is 11.3. The summed E-state index contributed by atoms with van der Waals surface area (Å²) in [5, 5.41) is 22.7. The molecule has 5 aromatic carbocycles. The zero-order chi connectivity index (χ0) is 28.6.